The number of carbonyl (C=O) groups excluding carboxylic acids is 1. The van der Waals surface area contributed by atoms with Crippen LogP contribution in [-0.4, -0.2) is 42.5 Å². The molecule has 0 fully saturated rings. The average Bonchev–Trinajstić information content (AvgIpc) is 3.11. The highest BCUT2D eigenvalue weighted by Gasteiger charge is 2.55. The van der Waals surface area contributed by atoms with Crippen LogP contribution >= 0.6 is 0 Å². The number of fused-ring (bicyclic) bond motifs is 1. The van der Waals surface area contributed by atoms with Gasteiger partial charge in [-0.2, -0.15) is 18.3 Å². The van der Waals surface area contributed by atoms with E-state index in [1.165, 1.54) is 4.68 Å². The standard InChI is InChI=1S/C29H28F3N5O2/c1-17-15-19(27(38)35-22-8-6-14-33-18(22)2)9-10-20(17)21-11-12-28(39,29(30,31)32)16-24-25(21)26(36-37(24)3)23-7-4-5-13-34-23/h4-10,13-15,21,39H,11-12,16H2,1-3H3,(H,35,38)/t21-,28-/m0/s1. The first-order valence-corrected chi connectivity index (χ1v) is 12.6. The minimum atomic E-state index is -4.81. The number of nitrogens with one attached hydrogen (secondary N) is 1. The number of nitrogens with zero attached hydrogens (tertiary/aromatic N) is 4. The first-order chi connectivity index (χ1) is 18.5. The highest BCUT2D eigenvalue weighted by molar-refractivity contribution is 6.04. The molecule has 1 aliphatic rings. The number of halogens is 3. The van der Waals surface area contributed by atoms with Gasteiger partial charge in [0.1, 0.15) is 5.69 Å². The number of benzene rings is 1. The molecule has 39 heavy (non-hydrogen) atoms. The number of rotatable bonds is 4. The predicted octanol–water partition coefficient (Wildman–Crippen LogP) is 5.51. The van der Waals surface area contributed by atoms with Gasteiger partial charge in [0, 0.05) is 48.6 Å². The summed E-state index contributed by atoms with van der Waals surface area (Å²) in [5.41, 5.74) is 2.26. The summed E-state index contributed by atoms with van der Waals surface area (Å²) < 4.78 is 43.7. The molecule has 2 atom stereocenters. The van der Waals surface area contributed by atoms with Gasteiger partial charge in [0.25, 0.3) is 5.91 Å². The number of alkyl halides is 3. The molecule has 0 aliphatic heterocycles. The molecule has 0 radical (unpaired) electrons. The molecule has 0 bridgehead atoms. The summed E-state index contributed by atoms with van der Waals surface area (Å²) >= 11 is 0. The van der Waals surface area contributed by atoms with Crippen LogP contribution in [0.4, 0.5) is 18.9 Å². The van der Waals surface area contributed by atoms with Crippen LogP contribution in [0.1, 0.15) is 57.2 Å². The second-order valence-corrected chi connectivity index (χ2v) is 10.0. The number of hydrogen-bond acceptors (Lipinski definition) is 5. The largest absolute Gasteiger partial charge is 0.417 e. The molecule has 4 aromatic rings. The van der Waals surface area contributed by atoms with Crippen molar-refractivity contribution in [3.63, 3.8) is 0 Å². The second-order valence-electron chi connectivity index (χ2n) is 10.0. The zero-order valence-corrected chi connectivity index (χ0v) is 21.8. The summed E-state index contributed by atoms with van der Waals surface area (Å²) in [6.07, 6.45) is -2.60. The molecule has 1 aliphatic carbocycles. The predicted molar refractivity (Wildman–Crippen MR) is 140 cm³/mol. The maximum Gasteiger partial charge on any atom is 0.417 e. The number of aromatic nitrogens is 4. The third kappa shape index (κ3) is 4.92. The van der Waals surface area contributed by atoms with Crippen molar-refractivity contribution in [2.45, 2.75) is 50.8 Å². The van der Waals surface area contributed by atoms with E-state index in [1.54, 1.807) is 74.9 Å². The Balaban J connectivity index is 1.58. The molecule has 3 heterocycles. The molecule has 3 aromatic heterocycles. The minimum absolute atomic E-state index is 0.0375. The van der Waals surface area contributed by atoms with E-state index in [4.69, 9.17) is 0 Å². The lowest BCUT2D eigenvalue weighted by atomic mass is 9.83. The maximum absolute atomic E-state index is 14.1. The van der Waals surface area contributed by atoms with Crippen LogP contribution in [0.5, 0.6) is 0 Å². The fourth-order valence-electron chi connectivity index (χ4n) is 5.31. The van der Waals surface area contributed by atoms with Gasteiger partial charge in [-0.25, -0.2) is 0 Å². The molecule has 1 aromatic carbocycles. The van der Waals surface area contributed by atoms with Crippen molar-refractivity contribution in [2.24, 2.45) is 7.05 Å². The first kappa shape index (κ1) is 26.6. The molecule has 0 saturated carbocycles. The number of hydrogen-bond donors (Lipinski definition) is 2. The number of carbonyl (C=O) groups is 1. The Morgan fingerprint density at radius 2 is 1.87 bits per heavy atom. The second kappa shape index (κ2) is 9.92. The number of anilines is 1. The van der Waals surface area contributed by atoms with Crippen molar-refractivity contribution in [3.8, 4) is 11.4 Å². The molecule has 1 amide bonds. The molecule has 2 N–H and O–H groups in total. The molecule has 0 unspecified atom stereocenters. The van der Waals surface area contributed by atoms with E-state index in [0.717, 1.165) is 11.1 Å². The summed E-state index contributed by atoms with van der Waals surface area (Å²) in [7, 11) is 1.59. The van der Waals surface area contributed by atoms with Crippen molar-refractivity contribution >= 4 is 11.6 Å². The van der Waals surface area contributed by atoms with Gasteiger partial charge >= 0.3 is 6.18 Å². The monoisotopic (exact) mass is 535 g/mol. The van der Waals surface area contributed by atoms with E-state index in [1.807, 2.05) is 6.92 Å². The smallest absolute Gasteiger partial charge is 0.380 e. The van der Waals surface area contributed by atoms with Gasteiger partial charge in [0.2, 0.25) is 0 Å². The van der Waals surface area contributed by atoms with Crippen LogP contribution in [0.3, 0.4) is 0 Å². The van der Waals surface area contributed by atoms with Crippen molar-refractivity contribution in [1.29, 1.82) is 0 Å². The van der Waals surface area contributed by atoms with Crippen LogP contribution in [0.15, 0.2) is 60.9 Å². The highest BCUT2D eigenvalue weighted by atomic mass is 19.4. The van der Waals surface area contributed by atoms with Crippen molar-refractivity contribution in [1.82, 2.24) is 19.7 Å². The van der Waals surface area contributed by atoms with Crippen LogP contribution in [0.2, 0.25) is 0 Å². The lowest BCUT2D eigenvalue weighted by Gasteiger charge is -2.29. The Bertz CT molecular complexity index is 1530. The van der Waals surface area contributed by atoms with Gasteiger partial charge in [-0.05, 0) is 74.2 Å². The van der Waals surface area contributed by atoms with E-state index < -0.39 is 30.5 Å². The fourth-order valence-corrected chi connectivity index (χ4v) is 5.31. The number of aliphatic hydroxyl groups is 1. The summed E-state index contributed by atoms with van der Waals surface area (Å²) in [5, 5.41) is 18.2. The fraction of sp³-hybridized carbons (Fsp3) is 0.310. The van der Waals surface area contributed by atoms with Crippen molar-refractivity contribution in [2.75, 3.05) is 5.32 Å². The highest BCUT2D eigenvalue weighted by Crippen LogP contribution is 2.48. The Morgan fingerprint density at radius 1 is 1.10 bits per heavy atom. The van der Waals surface area contributed by atoms with E-state index in [9.17, 15) is 23.1 Å². The third-order valence-electron chi connectivity index (χ3n) is 7.46. The first-order valence-electron chi connectivity index (χ1n) is 12.6. The van der Waals surface area contributed by atoms with Gasteiger partial charge < -0.3 is 10.4 Å². The average molecular weight is 536 g/mol. The Labute approximate surface area is 223 Å². The van der Waals surface area contributed by atoms with Gasteiger partial charge in [0.05, 0.1) is 17.1 Å². The van der Waals surface area contributed by atoms with Crippen molar-refractivity contribution < 1.29 is 23.1 Å². The van der Waals surface area contributed by atoms with Gasteiger partial charge in [-0.15, -0.1) is 0 Å². The van der Waals surface area contributed by atoms with Gasteiger partial charge in [0.15, 0.2) is 5.60 Å². The molecule has 5 rings (SSSR count). The molecule has 7 nitrogen and oxygen atoms in total. The number of amides is 1. The minimum Gasteiger partial charge on any atom is -0.380 e. The van der Waals surface area contributed by atoms with Gasteiger partial charge in [-0.3, -0.25) is 19.4 Å². The van der Waals surface area contributed by atoms with Crippen LogP contribution < -0.4 is 5.32 Å². The molecule has 0 saturated heterocycles. The molecular weight excluding hydrogens is 507 g/mol. The zero-order chi connectivity index (χ0) is 27.9. The molecule has 202 valence electrons. The summed E-state index contributed by atoms with van der Waals surface area (Å²) in [6.45, 7) is 3.63. The summed E-state index contributed by atoms with van der Waals surface area (Å²) in [5.74, 6) is -0.816. The van der Waals surface area contributed by atoms with E-state index in [0.29, 0.717) is 39.6 Å². The Morgan fingerprint density at radius 3 is 2.54 bits per heavy atom. The number of pyridine rings is 2. The van der Waals surface area contributed by atoms with E-state index in [2.05, 4.69) is 20.4 Å². The Hall–Kier alpha value is -4.05. The number of aryl methyl sites for hydroxylation is 3. The molecular formula is C29H28F3N5O2. The molecule has 0 spiro atoms. The lowest BCUT2D eigenvalue weighted by molar-refractivity contribution is -0.262. The van der Waals surface area contributed by atoms with Crippen LogP contribution in [0, 0.1) is 13.8 Å². The van der Waals surface area contributed by atoms with E-state index >= 15 is 0 Å². The Kier molecular flexibility index (Phi) is 6.76. The SMILES string of the molecule is Cc1cc(C(=O)Nc2cccnc2C)ccc1[C@@H]1CC[C@@](O)(C(F)(F)F)Cc2c1c(-c1ccccn1)nn2C. The summed E-state index contributed by atoms with van der Waals surface area (Å²) in [4.78, 5) is 21.6. The van der Waals surface area contributed by atoms with Gasteiger partial charge in [-0.1, -0.05) is 12.1 Å². The van der Waals surface area contributed by atoms with Crippen LogP contribution in [0.25, 0.3) is 11.4 Å². The topological polar surface area (TPSA) is 92.9 Å². The van der Waals surface area contributed by atoms with Crippen LogP contribution in [-0.2, 0) is 13.5 Å². The quantitative estimate of drug-likeness (QED) is 0.336. The third-order valence-corrected chi connectivity index (χ3v) is 7.46. The lowest BCUT2D eigenvalue weighted by Crippen LogP contribution is -2.47. The maximum atomic E-state index is 14.1. The molecule has 10 heteroatoms. The van der Waals surface area contributed by atoms with Crippen molar-refractivity contribution in [3.05, 3.63) is 94.6 Å². The normalized spacial score (nSPS) is 19.3. The van der Waals surface area contributed by atoms with E-state index in [-0.39, 0.29) is 12.3 Å². The summed E-state index contributed by atoms with van der Waals surface area (Å²) in [6, 6.07) is 14.0. The zero-order valence-electron chi connectivity index (χ0n) is 21.8.